The maximum atomic E-state index is 12.9. The minimum Gasteiger partial charge on any atom is -0.497 e. The van der Waals surface area contributed by atoms with Crippen LogP contribution in [0.4, 0.5) is 0 Å². The Morgan fingerprint density at radius 3 is 2.67 bits per heavy atom. The zero-order valence-electron chi connectivity index (χ0n) is 14.1. The number of sulfonamides is 1. The topological polar surface area (TPSA) is 64.4 Å². The molecule has 0 radical (unpaired) electrons. The van der Waals surface area contributed by atoms with Gasteiger partial charge in [-0.3, -0.25) is 4.68 Å². The summed E-state index contributed by atoms with van der Waals surface area (Å²) < 4.78 is 34.3. The summed E-state index contributed by atoms with van der Waals surface area (Å²) in [5, 5.41) is 4.10. The summed E-state index contributed by atoms with van der Waals surface area (Å²) in [7, 11) is -1.85. The molecule has 6 nitrogen and oxygen atoms in total. The fraction of sp³-hybridized carbons (Fsp3) is 0.471. The third kappa shape index (κ3) is 3.32. The molecular weight excluding hydrogens is 326 g/mol. The maximum Gasteiger partial charge on any atom is 0.246 e. The Labute approximate surface area is 143 Å². The predicted molar refractivity (Wildman–Crippen MR) is 91.5 cm³/mol. The second-order valence-corrected chi connectivity index (χ2v) is 7.89. The number of ether oxygens (including phenoxy) is 1. The molecule has 0 aliphatic carbocycles. The van der Waals surface area contributed by atoms with Gasteiger partial charge in [0.2, 0.25) is 10.0 Å². The second kappa shape index (κ2) is 6.94. The molecule has 1 aromatic carbocycles. The molecule has 1 atom stereocenters. The molecule has 130 valence electrons. The number of hydrogen-bond acceptors (Lipinski definition) is 4. The van der Waals surface area contributed by atoms with Crippen LogP contribution < -0.4 is 4.74 Å². The zero-order chi connectivity index (χ0) is 17.2. The van der Waals surface area contributed by atoms with E-state index in [0.717, 1.165) is 24.2 Å². The first-order valence-electron chi connectivity index (χ1n) is 8.22. The van der Waals surface area contributed by atoms with Crippen LogP contribution in [0.25, 0.3) is 0 Å². The number of nitrogens with zero attached hydrogens (tertiary/aromatic N) is 3. The minimum atomic E-state index is -3.48. The normalized spacial score (nSPS) is 18.8. The van der Waals surface area contributed by atoms with Crippen molar-refractivity contribution in [2.75, 3.05) is 13.7 Å². The summed E-state index contributed by atoms with van der Waals surface area (Å²) in [6.07, 6.45) is 5.54. The molecule has 3 rings (SSSR count). The van der Waals surface area contributed by atoms with Gasteiger partial charge in [0.15, 0.2) is 0 Å². The first kappa shape index (κ1) is 17.0. The van der Waals surface area contributed by atoms with Crippen LogP contribution in [-0.2, 0) is 23.0 Å². The van der Waals surface area contributed by atoms with Crippen molar-refractivity contribution in [2.24, 2.45) is 0 Å². The van der Waals surface area contributed by atoms with Gasteiger partial charge in [-0.2, -0.15) is 9.40 Å². The van der Waals surface area contributed by atoms with E-state index in [0.29, 0.717) is 19.5 Å². The lowest BCUT2D eigenvalue weighted by molar-refractivity contribution is 0.385. The lowest BCUT2D eigenvalue weighted by Gasteiger charge is -2.23. The van der Waals surface area contributed by atoms with Crippen LogP contribution in [0.1, 0.15) is 25.3 Å². The van der Waals surface area contributed by atoms with Crippen molar-refractivity contribution in [3.8, 4) is 5.75 Å². The van der Waals surface area contributed by atoms with Crippen molar-refractivity contribution in [3.05, 3.63) is 42.2 Å². The molecule has 1 fully saturated rings. The average molecular weight is 349 g/mol. The van der Waals surface area contributed by atoms with E-state index in [2.05, 4.69) is 5.10 Å². The number of methoxy groups -OCH3 is 1. The Balaban J connectivity index is 1.78. The average Bonchev–Trinajstić information content (AvgIpc) is 3.25. The van der Waals surface area contributed by atoms with Crippen molar-refractivity contribution in [3.63, 3.8) is 0 Å². The zero-order valence-corrected chi connectivity index (χ0v) is 14.9. The Bertz CT molecular complexity index is 784. The van der Waals surface area contributed by atoms with E-state index in [1.165, 1.54) is 6.20 Å². The van der Waals surface area contributed by atoms with Crippen molar-refractivity contribution < 1.29 is 13.2 Å². The number of aromatic nitrogens is 2. The Hall–Kier alpha value is -1.86. The summed E-state index contributed by atoms with van der Waals surface area (Å²) in [5.41, 5.74) is 1.12. The summed E-state index contributed by atoms with van der Waals surface area (Å²) in [6, 6.07) is 7.81. The molecule has 0 amide bonds. The van der Waals surface area contributed by atoms with Crippen molar-refractivity contribution in [1.82, 2.24) is 14.1 Å². The van der Waals surface area contributed by atoms with Crippen LogP contribution in [0.5, 0.6) is 5.75 Å². The number of rotatable bonds is 6. The monoisotopic (exact) mass is 349 g/mol. The smallest absolute Gasteiger partial charge is 0.246 e. The Morgan fingerprint density at radius 2 is 2.04 bits per heavy atom. The molecule has 1 aromatic heterocycles. The number of hydrogen-bond donors (Lipinski definition) is 0. The maximum absolute atomic E-state index is 12.9. The standard InChI is InChI=1S/C17H23N3O3S/c1-3-19-13-17(12-18-19)24(21,22)20-10-4-5-15(20)11-14-6-8-16(23-2)9-7-14/h6-9,12-13,15H,3-5,10-11H2,1-2H3. The van der Waals surface area contributed by atoms with Crippen LogP contribution in [0.15, 0.2) is 41.6 Å². The number of aryl methyl sites for hydroxylation is 1. The van der Waals surface area contributed by atoms with Gasteiger partial charge in [0.05, 0.1) is 13.3 Å². The highest BCUT2D eigenvalue weighted by molar-refractivity contribution is 7.89. The molecule has 1 unspecified atom stereocenters. The second-order valence-electron chi connectivity index (χ2n) is 6.00. The molecular formula is C17H23N3O3S. The molecule has 7 heteroatoms. The quantitative estimate of drug-likeness (QED) is 0.803. The lowest BCUT2D eigenvalue weighted by Crippen LogP contribution is -2.36. The van der Waals surface area contributed by atoms with Gasteiger partial charge < -0.3 is 4.74 Å². The molecule has 0 saturated carbocycles. The van der Waals surface area contributed by atoms with Crippen LogP contribution in [0.3, 0.4) is 0 Å². The van der Waals surface area contributed by atoms with E-state index >= 15 is 0 Å². The van der Waals surface area contributed by atoms with Crippen molar-refractivity contribution in [2.45, 2.75) is 43.7 Å². The van der Waals surface area contributed by atoms with Crippen LogP contribution in [0, 0.1) is 0 Å². The van der Waals surface area contributed by atoms with Gasteiger partial charge in [-0.25, -0.2) is 8.42 Å². The first-order valence-corrected chi connectivity index (χ1v) is 9.66. The van der Waals surface area contributed by atoms with Gasteiger partial charge in [-0.05, 0) is 43.9 Å². The van der Waals surface area contributed by atoms with Crippen molar-refractivity contribution in [1.29, 1.82) is 0 Å². The molecule has 24 heavy (non-hydrogen) atoms. The van der Waals surface area contributed by atoms with Crippen molar-refractivity contribution >= 4 is 10.0 Å². The van der Waals surface area contributed by atoms with E-state index in [-0.39, 0.29) is 10.9 Å². The number of benzene rings is 1. The Morgan fingerprint density at radius 1 is 1.29 bits per heavy atom. The van der Waals surface area contributed by atoms with Crippen LogP contribution in [-0.4, -0.2) is 42.2 Å². The van der Waals surface area contributed by atoms with Gasteiger partial charge in [-0.15, -0.1) is 0 Å². The minimum absolute atomic E-state index is 0.00614. The van der Waals surface area contributed by atoms with Gasteiger partial charge >= 0.3 is 0 Å². The van der Waals surface area contributed by atoms with E-state index in [9.17, 15) is 8.42 Å². The molecule has 0 N–H and O–H groups in total. The third-order valence-corrected chi connectivity index (χ3v) is 6.40. The van der Waals surface area contributed by atoms with E-state index in [1.807, 2.05) is 31.2 Å². The molecule has 2 heterocycles. The highest BCUT2D eigenvalue weighted by Crippen LogP contribution is 2.28. The summed E-state index contributed by atoms with van der Waals surface area (Å²) in [4.78, 5) is 0.283. The molecule has 1 aliphatic heterocycles. The van der Waals surface area contributed by atoms with Gasteiger partial charge in [0.25, 0.3) is 0 Å². The van der Waals surface area contributed by atoms with E-state index < -0.39 is 10.0 Å². The molecule has 0 bridgehead atoms. The Kier molecular flexibility index (Phi) is 4.91. The molecule has 0 spiro atoms. The van der Waals surface area contributed by atoms with E-state index in [4.69, 9.17) is 4.74 Å². The fourth-order valence-corrected chi connectivity index (χ4v) is 4.80. The predicted octanol–water partition coefficient (Wildman–Crippen LogP) is 2.31. The first-order chi connectivity index (χ1) is 11.5. The SMILES string of the molecule is CCn1cc(S(=O)(=O)N2CCCC2Cc2ccc(OC)cc2)cn1. The largest absolute Gasteiger partial charge is 0.497 e. The molecule has 1 saturated heterocycles. The lowest BCUT2D eigenvalue weighted by atomic mass is 10.0. The fourth-order valence-electron chi connectivity index (χ4n) is 3.15. The summed E-state index contributed by atoms with van der Waals surface area (Å²) >= 11 is 0. The molecule has 1 aliphatic rings. The summed E-state index contributed by atoms with van der Waals surface area (Å²) in [5.74, 6) is 0.807. The van der Waals surface area contributed by atoms with Crippen LogP contribution in [0.2, 0.25) is 0 Å². The van der Waals surface area contributed by atoms with Gasteiger partial charge in [0.1, 0.15) is 10.6 Å². The summed E-state index contributed by atoms with van der Waals surface area (Å²) in [6.45, 7) is 3.16. The van der Waals surface area contributed by atoms with Gasteiger partial charge in [-0.1, -0.05) is 12.1 Å². The van der Waals surface area contributed by atoms with Crippen LogP contribution >= 0.6 is 0 Å². The molecule has 2 aromatic rings. The van der Waals surface area contributed by atoms with Gasteiger partial charge in [0, 0.05) is 25.3 Å². The highest BCUT2D eigenvalue weighted by Gasteiger charge is 2.35. The third-order valence-electron chi connectivity index (χ3n) is 4.49. The van der Waals surface area contributed by atoms with E-state index in [1.54, 1.807) is 22.3 Å². The highest BCUT2D eigenvalue weighted by atomic mass is 32.2.